The van der Waals surface area contributed by atoms with Crippen molar-refractivity contribution in [1.82, 2.24) is 9.47 Å². The molecular formula is C22H23N3O. The van der Waals surface area contributed by atoms with Crippen molar-refractivity contribution in [1.29, 1.82) is 0 Å². The Hall–Kier alpha value is -2.59. The molecule has 5 rings (SSSR count). The van der Waals surface area contributed by atoms with Crippen LogP contribution in [0.1, 0.15) is 21.6 Å². The smallest absolute Gasteiger partial charge is 0.251 e. The van der Waals surface area contributed by atoms with Crippen molar-refractivity contribution in [3.63, 3.8) is 0 Å². The highest BCUT2D eigenvalue weighted by atomic mass is 16.2. The Bertz CT molecular complexity index is 1020. The summed E-state index contributed by atoms with van der Waals surface area (Å²) < 4.78 is 2.03. The van der Waals surface area contributed by atoms with Crippen LogP contribution in [0, 0.1) is 6.92 Å². The van der Waals surface area contributed by atoms with Crippen molar-refractivity contribution in [2.24, 2.45) is 0 Å². The lowest BCUT2D eigenvalue weighted by Gasteiger charge is -2.30. The van der Waals surface area contributed by atoms with Gasteiger partial charge in [0.1, 0.15) is 6.54 Å². The average Bonchev–Trinajstić information content (AvgIpc) is 2.82. The number of fused-ring (bicyclic) bond motifs is 3. The predicted molar refractivity (Wildman–Crippen MR) is 106 cm³/mol. The number of rotatable bonds is 1. The fraction of sp³-hybridized carbons (Fsp3) is 0.318. The van der Waals surface area contributed by atoms with Crippen molar-refractivity contribution in [3.8, 4) is 0 Å². The van der Waals surface area contributed by atoms with E-state index in [-0.39, 0.29) is 5.91 Å². The zero-order chi connectivity index (χ0) is 17.8. The first-order chi connectivity index (χ1) is 12.6. The SMILES string of the molecule is Cc1cc2c3c(c1)c1c(n3C(=O)CN2c2ccccc2)CCN(C)CC1. The van der Waals surface area contributed by atoms with E-state index in [0.29, 0.717) is 6.54 Å². The molecule has 26 heavy (non-hydrogen) atoms. The summed E-state index contributed by atoms with van der Waals surface area (Å²) in [6.07, 6.45) is 1.95. The third-order valence-corrected chi connectivity index (χ3v) is 5.78. The van der Waals surface area contributed by atoms with Gasteiger partial charge < -0.3 is 9.80 Å². The second-order valence-corrected chi connectivity index (χ2v) is 7.56. The fourth-order valence-corrected chi connectivity index (χ4v) is 4.51. The Labute approximate surface area is 153 Å². The van der Waals surface area contributed by atoms with Crippen LogP contribution in [0.2, 0.25) is 0 Å². The number of carbonyl (C=O) groups excluding carboxylic acids is 1. The molecule has 0 spiro atoms. The van der Waals surface area contributed by atoms with Gasteiger partial charge in [0.15, 0.2) is 0 Å². The number of anilines is 2. The third kappa shape index (κ3) is 2.22. The second-order valence-electron chi connectivity index (χ2n) is 7.56. The number of aromatic nitrogens is 1. The van der Waals surface area contributed by atoms with Gasteiger partial charge in [-0.15, -0.1) is 0 Å². The fourth-order valence-electron chi connectivity index (χ4n) is 4.51. The van der Waals surface area contributed by atoms with Gasteiger partial charge in [-0.05, 0) is 55.8 Å². The zero-order valence-corrected chi connectivity index (χ0v) is 15.3. The average molecular weight is 345 g/mol. The first kappa shape index (κ1) is 15.6. The van der Waals surface area contributed by atoms with Crippen LogP contribution in [-0.4, -0.2) is 42.1 Å². The number of hydrogen-bond donors (Lipinski definition) is 0. The Morgan fingerprint density at radius 2 is 1.77 bits per heavy atom. The monoisotopic (exact) mass is 345 g/mol. The highest BCUT2D eigenvalue weighted by Crippen LogP contribution is 2.41. The van der Waals surface area contributed by atoms with E-state index in [2.05, 4.69) is 48.0 Å². The van der Waals surface area contributed by atoms with Crippen LogP contribution in [-0.2, 0) is 12.8 Å². The molecule has 0 amide bonds. The molecular weight excluding hydrogens is 322 g/mol. The summed E-state index contributed by atoms with van der Waals surface area (Å²) >= 11 is 0. The summed E-state index contributed by atoms with van der Waals surface area (Å²) in [5.41, 5.74) is 7.19. The maximum atomic E-state index is 13.2. The molecule has 0 unspecified atom stereocenters. The first-order valence-electron chi connectivity index (χ1n) is 9.34. The summed E-state index contributed by atoms with van der Waals surface area (Å²) in [6.45, 7) is 4.61. The molecule has 2 aliphatic rings. The van der Waals surface area contributed by atoms with Crippen molar-refractivity contribution in [3.05, 3.63) is 59.3 Å². The van der Waals surface area contributed by atoms with Crippen molar-refractivity contribution in [2.75, 3.05) is 31.6 Å². The van der Waals surface area contributed by atoms with Crippen LogP contribution in [0.4, 0.5) is 11.4 Å². The molecule has 4 heteroatoms. The molecule has 0 N–H and O–H groups in total. The molecule has 2 aromatic carbocycles. The number of likely N-dealkylation sites (N-methyl/N-ethyl adjacent to an activating group) is 1. The van der Waals surface area contributed by atoms with Gasteiger partial charge in [-0.2, -0.15) is 0 Å². The zero-order valence-electron chi connectivity index (χ0n) is 15.3. The number of aryl methyl sites for hydroxylation is 1. The standard InChI is InChI=1S/C22H23N3O/c1-15-12-18-17-8-10-23(2)11-9-19(17)25-21(26)14-24(20(13-15)22(18)25)16-6-4-3-5-7-16/h3-7,12-13H,8-11,14H2,1-2H3. The highest BCUT2D eigenvalue weighted by molar-refractivity contribution is 6.09. The summed E-state index contributed by atoms with van der Waals surface area (Å²) in [5, 5.41) is 1.26. The van der Waals surface area contributed by atoms with Gasteiger partial charge in [0.2, 0.25) is 0 Å². The minimum absolute atomic E-state index is 0.181. The van der Waals surface area contributed by atoms with E-state index in [1.165, 1.54) is 22.2 Å². The van der Waals surface area contributed by atoms with Crippen molar-refractivity contribution >= 4 is 28.2 Å². The van der Waals surface area contributed by atoms with Crippen LogP contribution < -0.4 is 4.90 Å². The normalized spacial score (nSPS) is 17.5. The minimum atomic E-state index is 0.181. The summed E-state index contributed by atoms with van der Waals surface area (Å²) in [6, 6.07) is 14.7. The summed E-state index contributed by atoms with van der Waals surface area (Å²) in [5.74, 6) is 0.181. The van der Waals surface area contributed by atoms with Crippen molar-refractivity contribution in [2.45, 2.75) is 19.8 Å². The van der Waals surface area contributed by atoms with E-state index >= 15 is 0 Å². The Morgan fingerprint density at radius 1 is 1.00 bits per heavy atom. The lowest BCUT2D eigenvalue weighted by molar-refractivity contribution is 0.0922. The van der Waals surface area contributed by atoms with Crippen LogP contribution >= 0.6 is 0 Å². The van der Waals surface area contributed by atoms with E-state index in [1.54, 1.807) is 0 Å². The van der Waals surface area contributed by atoms with E-state index in [0.717, 1.165) is 42.8 Å². The van der Waals surface area contributed by atoms with Gasteiger partial charge in [0, 0.05) is 36.3 Å². The van der Waals surface area contributed by atoms with E-state index in [4.69, 9.17) is 0 Å². The summed E-state index contributed by atoms with van der Waals surface area (Å²) in [4.78, 5) is 17.7. The molecule has 2 aliphatic heterocycles. The van der Waals surface area contributed by atoms with Gasteiger partial charge in [-0.1, -0.05) is 18.2 Å². The van der Waals surface area contributed by atoms with E-state index < -0.39 is 0 Å². The Morgan fingerprint density at radius 3 is 2.58 bits per heavy atom. The van der Waals surface area contributed by atoms with Gasteiger partial charge in [-0.25, -0.2) is 0 Å². The van der Waals surface area contributed by atoms with Crippen LogP contribution in [0.15, 0.2) is 42.5 Å². The molecule has 0 bridgehead atoms. The molecule has 0 saturated carbocycles. The molecule has 0 fully saturated rings. The van der Waals surface area contributed by atoms with Crippen LogP contribution in [0.5, 0.6) is 0 Å². The molecule has 4 nitrogen and oxygen atoms in total. The molecule has 3 aromatic rings. The van der Waals surface area contributed by atoms with Gasteiger partial charge in [0.05, 0.1) is 11.2 Å². The lowest BCUT2D eigenvalue weighted by Crippen LogP contribution is -2.34. The number of para-hydroxylation sites is 1. The lowest BCUT2D eigenvalue weighted by atomic mass is 10.0. The highest BCUT2D eigenvalue weighted by Gasteiger charge is 2.32. The first-order valence-corrected chi connectivity index (χ1v) is 9.34. The van der Waals surface area contributed by atoms with Gasteiger partial charge >= 0.3 is 0 Å². The van der Waals surface area contributed by atoms with Gasteiger partial charge in [0.25, 0.3) is 5.91 Å². The molecule has 0 radical (unpaired) electrons. The summed E-state index contributed by atoms with van der Waals surface area (Å²) in [7, 11) is 2.17. The third-order valence-electron chi connectivity index (χ3n) is 5.78. The van der Waals surface area contributed by atoms with E-state index in [1.807, 2.05) is 22.8 Å². The molecule has 0 atom stereocenters. The quantitative estimate of drug-likeness (QED) is 0.672. The molecule has 1 aromatic heterocycles. The Balaban J connectivity index is 1.81. The maximum absolute atomic E-state index is 13.2. The largest absolute Gasteiger partial charge is 0.330 e. The minimum Gasteiger partial charge on any atom is -0.330 e. The predicted octanol–water partition coefficient (Wildman–Crippen LogP) is 3.77. The molecule has 132 valence electrons. The van der Waals surface area contributed by atoms with Crippen molar-refractivity contribution < 1.29 is 4.79 Å². The molecule has 0 saturated heterocycles. The molecule has 0 aliphatic carbocycles. The van der Waals surface area contributed by atoms with Gasteiger partial charge in [-0.3, -0.25) is 9.36 Å². The van der Waals surface area contributed by atoms with E-state index in [9.17, 15) is 4.79 Å². The number of benzene rings is 2. The number of nitrogens with zero attached hydrogens (tertiary/aromatic N) is 3. The number of hydrogen-bond acceptors (Lipinski definition) is 3. The maximum Gasteiger partial charge on any atom is 0.251 e. The van der Waals surface area contributed by atoms with Crippen LogP contribution in [0.3, 0.4) is 0 Å². The number of carbonyl (C=O) groups is 1. The molecule has 3 heterocycles. The van der Waals surface area contributed by atoms with Crippen LogP contribution in [0.25, 0.3) is 10.9 Å². The Kier molecular flexibility index (Phi) is 3.44. The topological polar surface area (TPSA) is 28.5 Å². The second kappa shape index (κ2) is 5.71.